The zero-order chi connectivity index (χ0) is 18.4. The molecule has 2 aromatic rings. The molecule has 8 nitrogen and oxygen atoms in total. The lowest BCUT2D eigenvalue weighted by Crippen LogP contribution is -2.33. The van der Waals surface area contributed by atoms with Crippen LogP contribution in [0.25, 0.3) is 0 Å². The van der Waals surface area contributed by atoms with Crippen molar-refractivity contribution in [3.8, 4) is 0 Å². The van der Waals surface area contributed by atoms with Crippen molar-refractivity contribution in [1.29, 1.82) is 0 Å². The molecule has 1 saturated heterocycles. The summed E-state index contributed by atoms with van der Waals surface area (Å²) in [5.74, 6) is 0.916. The maximum absolute atomic E-state index is 13.2. The van der Waals surface area contributed by atoms with E-state index >= 15 is 0 Å². The van der Waals surface area contributed by atoms with Crippen LogP contribution in [0.2, 0.25) is 0 Å². The quantitative estimate of drug-likeness (QED) is 0.846. The van der Waals surface area contributed by atoms with Gasteiger partial charge >= 0.3 is 0 Å². The summed E-state index contributed by atoms with van der Waals surface area (Å²) in [4.78, 5) is 19.2. The fourth-order valence-electron chi connectivity index (χ4n) is 3.33. The molecule has 136 valence electrons. The van der Waals surface area contributed by atoms with E-state index in [1.807, 2.05) is 11.6 Å². The first-order chi connectivity index (χ1) is 11.7. The zero-order valence-electron chi connectivity index (χ0n) is 15.6. The molecule has 1 amide bonds. The molecule has 0 unspecified atom stereocenters. The number of aromatic nitrogens is 4. The fraction of sp³-hybridized carbons (Fsp3) is 0.647. The number of nitrogens with zero attached hydrogens (tertiary/aromatic N) is 5. The fourth-order valence-corrected chi connectivity index (χ4v) is 3.33. The van der Waals surface area contributed by atoms with Crippen molar-refractivity contribution in [2.45, 2.75) is 58.7 Å². The first-order valence-corrected chi connectivity index (χ1v) is 8.41. The second-order valence-electron chi connectivity index (χ2n) is 7.47. The highest BCUT2D eigenvalue weighted by Crippen LogP contribution is 2.34. The molecular weight excluding hydrogens is 322 g/mol. The Balaban J connectivity index is 1.93. The molecule has 0 saturated carbocycles. The molecule has 0 aromatic carbocycles. The van der Waals surface area contributed by atoms with Crippen LogP contribution in [-0.4, -0.2) is 50.5 Å². The molecule has 0 bridgehead atoms. The van der Waals surface area contributed by atoms with Crippen LogP contribution in [0, 0.1) is 13.8 Å². The van der Waals surface area contributed by atoms with Crippen molar-refractivity contribution >= 4 is 5.91 Å². The van der Waals surface area contributed by atoms with Gasteiger partial charge in [0.1, 0.15) is 6.04 Å². The summed E-state index contributed by atoms with van der Waals surface area (Å²) >= 11 is 0. The van der Waals surface area contributed by atoms with Crippen molar-refractivity contribution in [3.63, 3.8) is 0 Å². The predicted octanol–water partition coefficient (Wildman–Crippen LogP) is 2.24. The topological polar surface area (TPSA) is 86.3 Å². The third-order valence-corrected chi connectivity index (χ3v) is 4.56. The molecule has 25 heavy (non-hydrogen) atoms. The van der Waals surface area contributed by atoms with Crippen LogP contribution in [0.1, 0.15) is 61.0 Å². The summed E-state index contributed by atoms with van der Waals surface area (Å²) in [6, 6.07) is -0.281. The van der Waals surface area contributed by atoms with Gasteiger partial charge in [-0.3, -0.25) is 9.48 Å². The minimum Gasteiger partial charge on any atom is -0.380 e. The van der Waals surface area contributed by atoms with Crippen LogP contribution in [-0.2, 0) is 10.3 Å². The van der Waals surface area contributed by atoms with Crippen LogP contribution in [0.15, 0.2) is 10.7 Å². The third-order valence-electron chi connectivity index (χ3n) is 4.56. The summed E-state index contributed by atoms with van der Waals surface area (Å²) in [5.41, 5.74) is 1.25. The smallest absolute Gasteiger partial charge is 0.258 e. The van der Waals surface area contributed by atoms with Crippen LogP contribution < -0.4 is 0 Å². The average molecular weight is 347 g/mol. The van der Waals surface area contributed by atoms with Crippen molar-refractivity contribution in [3.05, 3.63) is 29.2 Å². The Hall–Kier alpha value is -2.22. The van der Waals surface area contributed by atoms with E-state index in [0.717, 1.165) is 5.69 Å². The Labute approximate surface area is 147 Å². The molecule has 0 N–H and O–H groups in total. The normalized spacial score (nSPS) is 21.1. The maximum Gasteiger partial charge on any atom is 0.258 e. The van der Waals surface area contributed by atoms with Gasteiger partial charge in [0.15, 0.2) is 5.82 Å². The van der Waals surface area contributed by atoms with E-state index in [0.29, 0.717) is 30.2 Å². The van der Waals surface area contributed by atoms with E-state index in [1.165, 1.54) is 0 Å². The lowest BCUT2D eigenvalue weighted by atomic mass is 10.1. The molecule has 2 atom stereocenters. The summed E-state index contributed by atoms with van der Waals surface area (Å²) in [5, 5.41) is 8.26. The van der Waals surface area contributed by atoms with Gasteiger partial charge in [-0.25, -0.2) is 0 Å². The number of rotatable bonds is 3. The van der Waals surface area contributed by atoms with Gasteiger partial charge < -0.3 is 14.2 Å². The Morgan fingerprint density at radius 2 is 2.08 bits per heavy atom. The third kappa shape index (κ3) is 3.18. The van der Waals surface area contributed by atoms with Gasteiger partial charge in [-0.15, -0.1) is 0 Å². The largest absolute Gasteiger partial charge is 0.380 e. The molecule has 8 heteroatoms. The summed E-state index contributed by atoms with van der Waals surface area (Å²) in [6.45, 7) is 10.3. The van der Waals surface area contributed by atoms with Crippen molar-refractivity contribution in [1.82, 2.24) is 24.8 Å². The second kappa shape index (κ2) is 6.25. The van der Waals surface area contributed by atoms with Crippen molar-refractivity contribution < 1.29 is 14.1 Å². The highest BCUT2D eigenvalue weighted by Gasteiger charge is 2.40. The number of aryl methyl sites for hydroxylation is 1. The number of ether oxygens (including phenoxy) is 1. The first-order valence-electron chi connectivity index (χ1n) is 8.41. The van der Waals surface area contributed by atoms with E-state index in [4.69, 9.17) is 9.26 Å². The van der Waals surface area contributed by atoms with Gasteiger partial charge in [0.05, 0.1) is 23.4 Å². The number of amides is 1. The standard InChI is InChI=1S/C17H25N5O3/c1-10-13(8-18-22(10)17(3,4)5)16(23)21-9-12(24-6)7-14(21)15-19-11(2)20-25-15/h8,12,14H,7,9H2,1-6H3/t12-,14+/m0/s1. The summed E-state index contributed by atoms with van der Waals surface area (Å²) < 4.78 is 12.7. The van der Waals surface area contributed by atoms with E-state index < -0.39 is 0 Å². The second-order valence-corrected chi connectivity index (χ2v) is 7.47. The minimum absolute atomic E-state index is 0.0564. The van der Waals surface area contributed by atoms with Crippen LogP contribution in [0.3, 0.4) is 0 Å². The van der Waals surface area contributed by atoms with Crippen LogP contribution in [0.4, 0.5) is 0 Å². The van der Waals surface area contributed by atoms with Crippen LogP contribution in [0.5, 0.6) is 0 Å². The van der Waals surface area contributed by atoms with Crippen molar-refractivity contribution in [2.75, 3.05) is 13.7 Å². The van der Waals surface area contributed by atoms with Gasteiger partial charge in [0.25, 0.3) is 5.91 Å². The molecule has 1 aliphatic heterocycles. The van der Waals surface area contributed by atoms with Gasteiger partial charge in [0, 0.05) is 25.8 Å². The maximum atomic E-state index is 13.2. The lowest BCUT2D eigenvalue weighted by Gasteiger charge is -2.23. The zero-order valence-corrected chi connectivity index (χ0v) is 15.6. The van der Waals surface area contributed by atoms with Crippen molar-refractivity contribution in [2.24, 2.45) is 0 Å². The molecule has 3 heterocycles. The SMILES string of the molecule is CO[C@H]1C[C@H](c2nc(C)no2)N(C(=O)c2cnn(C(C)(C)C)c2C)C1. The molecule has 0 aliphatic carbocycles. The number of methoxy groups -OCH3 is 1. The molecular formula is C17H25N5O3. The molecule has 0 radical (unpaired) electrons. The average Bonchev–Trinajstić information content (AvgIpc) is 3.23. The highest BCUT2D eigenvalue weighted by molar-refractivity contribution is 5.95. The Morgan fingerprint density at radius 1 is 1.36 bits per heavy atom. The Morgan fingerprint density at radius 3 is 2.60 bits per heavy atom. The molecule has 1 fully saturated rings. The van der Waals surface area contributed by atoms with E-state index in [-0.39, 0.29) is 23.6 Å². The van der Waals surface area contributed by atoms with E-state index in [9.17, 15) is 4.79 Å². The Kier molecular flexibility index (Phi) is 4.40. The summed E-state index contributed by atoms with van der Waals surface area (Å²) in [6.07, 6.45) is 2.22. The number of carbonyl (C=O) groups excluding carboxylic acids is 1. The number of carbonyl (C=O) groups is 1. The first kappa shape index (κ1) is 17.6. The summed E-state index contributed by atoms with van der Waals surface area (Å²) in [7, 11) is 1.65. The lowest BCUT2D eigenvalue weighted by molar-refractivity contribution is 0.0669. The van der Waals surface area contributed by atoms with Gasteiger partial charge in [-0.2, -0.15) is 10.1 Å². The molecule has 2 aromatic heterocycles. The minimum atomic E-state index is -0.281. The molecule has 0 spiro atoms. The van der Waals surface area contributed by atoms with Gasteiger partial charge in [0.2, 0.25) is 5.89 Å². The van der Waals surface area contributed by atoms with Gasteiger partial charge in [-0.1, -0.05) is 5.16 Å². The number of hydrogen-bond donors (Lipinski definition) is 0. The monoisotopic (exact) mass is 347 g/mol. The molecule has 3 rings (SSSR count). The van der Waals surface area contributed by atoms with Gasteiger partial charge in [-0.05, 0) is 34.6 Å². The number of likely N-dealkylation sites (tertiary alicyclic amines) is 1. The van der Waals surface area contributed by atoms with E-state index in [1.54, 1.807) is 25.1 Å². The molecule has 1 aliphatic rings. The Bertz CT molecular complexity index is 774. The van der Waals surface area contributed by atoms with E-state index in [2.05, 4.69) is 36.0 Å². The predicted molar refractivity (Wildman–Crippen MR) is 90.2 cm³/mol. The number of hydrogen-bond acceptors (Lipinski definition) is 6. The van der Waals surface area contributed by atoms with Crippen LogP contribution >= 0.6 is 0 Å². The highest BCUT2D eigenvalue weighted by atomic mass is 16.5.